The average molecular weight is 1370 g/mol. The van der Waals surface area contributed by atoms with Crippen LogP contribution in [0.15, 0.2) is 0 Å². The van der Waals surface area contributed by atoms with Crippen molar-refractivity contribution in [3.05, 3.63) is 0 Å². The van der Waals surface area contributed by atoms with Crippen molar-refractivity contribution in [2.24, 2.45) is 11.8 Å². The maximum atomic E-state index is 13.1. The fourth-order valence-corrected chi connectivity index (χ4v) is 12.8. The number of carbonyl (C=O) groups is 4. The Morgan fingerprint density at radius 1 is 0.312 bits per heavy atom. The second-order valence-corrected chi connectivity index (χ2v) is 30.3. The first-order valence-corrected chi connectivity index (χ1v) is 41.5. The van der Waals surface area contributed by atoms with Crippen molar-refractivity contribution in [1.29, 1.82) is 0 Å². The smallest absolute Gasteiger partial charge is 0.462 e. The summed E-state index contributed by atoms with van der Waals surface area (Å²) in [5.41, 5.74) is 0. The number of carbonyl (C=O) groups excluding carboxylic acids is 4. The Morgan fingerprint density at radius 3 is 0.817 bits per heavy atom. The summed E-state index contributed by atoms with van der Waals surface area (Å²) >= 11 is 0. The van der Waals surface area contributed by atoms with Gasteiger partial charge in [0.2, 0.25) is 0 Å². The lowest BCUT2D eigenvalue weighted by molar-refractivity contribution is -0.161. The van der Waals surface area contributed by atoms with Gasteiger partial charge in [-0.3, -0.25) is 37.3 Å². The van der Waals surface area contributed by atoms with E-state index in [0.717, 1.165) is 108 Å². The molecule has 0 aromatic heterocycles. The Bertz CT molecular complexity index is 1810. The van der Waals surface area contributed by atoms with E-state index in [9.17, 15) is 43.2 Å². The lowest BCUT2D eigenvalue weighted by Crippen LogP contribution is -2.30. The molecule has 552 valence electrons. The van der Waals surface area contributed by atoms with Crippen molar-refractivity contribution in [1.82, 2.24) is 0 Å². The topological polar surface area (TPSA) is 237 Å². The minimum absolute atomic E-state index is 0.106. The molecule has 0 bridgehead atoms. The van der Waals surface area contributed by atoms with Gasteiger partial charge in [-0.25, -0.2) is 9.13 Å². The fourth-order valence-electron chi connectivity index (χ4n) is 11.3. The second-order valence-electron chi connectivity index (χ2n) is 27.4. The van der Waals surface area contributed by atoms with Crippen LogP contribution in [0.5, 0.6) is 0 Å². The Hall–Kier alpha value is -1.94. The highest BCUT2D eigenvalue weighted by atomic mass is 31.2. The summed E-state index contributed by atoms with van der Waals surface area (Å²) in [6.45, 7) is 9.62. The number of ether oxygens (including phenoxy) is 4. The molecule has 0 saturated carbocycles. The normalized spacial score (nSPS) is 14.3. The summed E-state index contributed by atoms with van der Waals surface area (Å²) in [6, 6.07) is 0. The van der Waals surface area contributed by atoms with Crippen LogP contribution < -0.4 is 0 Å². The van der Waals surface area contributed by atoms with E-state index in [0.29, 0.717) is 25.7 Å². The van der Waals surface area contributed by atoms with E-state index >= 15 is 0 Å². The van der Waals surface area contributed by atoms with E-state index < -0.39 is 97.5 Å². The number of hydrogen-bond acceptors (Lipinski definition) is 15. The maximum Gasteiger partial charge on any atom is 0.472 e. The first-order valence-electron chi connectivity index (χ1n) is 38.5. The zero-order valence-corrected chi connectivity index (χ0v) is 62.3. The van der Waals surface area contributed by atoms with Crippen LogP contribution in [-0.2, 0) is 65.4 Å². The Kier molecular flexibility index (Phi) is 64.6. The molecule has 0 rings (SSSR count). The van der Waals surface area contributed by atoms with Crippen LogP contribution in [0.25, 0.3) is 0 Å². The Morgan fingerprint density at radius 2 is 0.548 bits per heavy atom. The van der Waals surface area contributed by atoms with Crippen LogP contribution in [0.4, 0.5) is 0 Å². The van der Waals surface area contributed by atoms with Gasteiger partial charge < -0.3 is 33.8 Å². The minimum Gasteiger partial charge on any atom is -0.462 e. The minimum atomic E-state index is -4.95. The van der Waals surface area contributed by atoms with E-state index in [2.05, 4.69) is 41.5 Å². The summed E-state index contributed by atoms with van der Waals surface area (Å²) < 4.78 is 68.3. The van der Waals surface area contributed by atoms with Crippen LogP contribution in [-0.4, -0.2) is 96.7 Å². The van der Waals surface area contributed by atoms with Gasteiger partial charge in [0, 0.05) is 25.7 Å². The zero-order valence-electron chi connectivity index (χ0n) is 60.6. The molecule has 19 heteroatoms. The van der Waals surface area contributed by atoms with Crippen LogP contribution in [0.3, 0.4) is 0 Å². The van der Waals surface area contributed by atoms with Crippen LogP contribution >= 0.6 is 15.6 Å². The quantitative estimate of drug-likeness (QED) is 0.0222. The van der Waals surface area contributed by atoms with E-state index in [4.69, 9.17) is 37.0 Å². The van der Waals surface area contributed by atoms with Gasteiger partial charge >= 0.3 is 39.5 Å². The van der Waals surface area contributed by atoms with E-state index in [-0.39, 0.29) is 25.7 Å². The Balaban J connectivity index is 5.18. The largest absolute Gasteiger partial charge is 0.472 e. The van der Waals surface area contributed by atoms with Crippen molar-refractivity contribution in [3.8, 4) is 0 Å². The van der Waals surface area contributed by atoms with Gasteiger partial charge in [0.25, 0.3) is 0 Å². The van der Waals surface area contributed by atoms with Gasteiger partial charge in [-0.2, -0.15) is 0 Å². The molecule has 6 atom stereocenters. The molecule has 17 nitrogen and oxygen atoms in total. The van der Waals surface area contributed by atoms with Crippen molar-refractivity contribution < 1.29 is 80.2 Å². The fraction of sp³-hybridized carbons (Fsp3) is 0.946. The first kappa shape index (κ1) is 91.1. The third-order valence-corrected chi connectivity index (χ3v) is 19.5. The highest BCUT2D eigenvalue weighted by Crippen LogP contribution is 2.45. The number of phosphoric acid groups is 2. The second kappa shape index (κ2) is 66.0. The third-order valence-electron chi connectivity index (χ3n) is 17.6. The van der Waals surface area contributed by atoms with Crippen LogP contribution in [0, 0.1) is 11.8 Å². The maximum absolute atomic E-state index is 13.1. The summed E-state index contributed by atoms with van der Waals surface area (Å²) in [5, 5.41) is 10.6. The molecule has 0 amide bonds. The van der Waals surface area contributed by atoms with E-state index in [1.54, 1.807) is 0 Å². The molecule has 0 aromatic rings. The van der Waals surface area contributed by atoms with Crippen molar-refractivity contribution >= 4 is 39.5 Å². The molecule has 0 aliphatic carbocycles. The number of esters is 4. The van der Waals surface area contributed by atoms with Crippen molar-refractivity contribution in [3.63, 3.8) is 0 Å². The van der Waals surface area contributed by atoms with Crippen LogP contribution in [0.1, 0.15) is 382 Å². The molecule has 0 spiro atoms. The molecule has 0 aliphatic rings. The SMILES string of the molecule is CCCCCCCCCCCC(=O)O[C@H](COC(=O)CCCCCCCCCC)COP(=O)(O)OC[C@H](O)COP(=O)(O)OC[C@@H](COC(=O)CCCCCCCCCCCCCCCCC(C)CC)OC(=O)CCCCCCCCCCCCCCCCCC(C)C. The van der Waals surface area contributed by atoms with Gasteiger partial charge in [0.15, 0.2) is 12.2 Å². The molecular formula is C74H144O17P2. The average Bonchev–Trinajstić information content (AvgIpc) is 1.84. The van der Waals surface area contributed by atoms with Crippen LogP contribution in [0.2, 0.25) is 0 Å². The molecule has 0 fully saturated rings. The lowest BCUT2D eigenvalue weighted by atomic mass is 9.99. The highest BCUT2D eigenvalue weighted by molar-refractivity contribution is 7.47. The summed E-state index contributed by atoms with van der Waals surface area (Å²) in [5.74, 6) is -0.469. The van der Waals surface area contributed by atoms with Crippen molar-refractivity contribution in [2.45, 2.75) is 400 Å². The summed E-state index contributed by atoms with van der Waals surface area (Å²) in [6.07, 6.45) is 52.8. The molecule has 0 heterocycles. The zero-order chi connectivity index (χ0) is 68.6. The standard InChI is InChI=1S/C74H144O17P2/c1-7-10-12-14-16-31-40-46-52-58-73(78)90-69(62-84-71(76)56-50-44-38-17-15-13-11-8-2)64-88-92(80,81)86-60-68(75)61-87-93(82,83)89-65-70(91-74(79)59-53-47-41-35-30-26-20-18-19-23-27-32-36-42-48-54-66(4)5)63-85-72(77)57-51-45-39-34-29-25-22-21-24-28-33-37-43-49-55-67(6)9-3/h66-70,75H,7-65H2,1-6H3,(H,80,81)(H,82,83)/t67?,68-,69+,70+/m0/s1. The Labute approximate surface area is 568 Å². The molecule has 3 N–H and O–H groups in total. The molecule has 0 aromatic carbocycles. The number of aliphatic hydroxyl groups is 1. The van der Waals surface area contributed by atoms with E-state index in [1.807, 2.05) is 0 Å². The predicted molar refractivity (Wildman–Crippen MR) is 377 cm³/mol. The number of aliphatic hydroxyl groups excluding tert-OH is 1. The molecule has 0 saturated heterocycles. The first-order chi connectivity index (χ1) is 44.9. The van der Waals surface area contributed by atoms with Gasteiger partial charge in [-0.05, 0) is 37.5 Å². The lowest BCUT2D eigenvalue weighted by Gasteiger charge is -2.21. The highest BCUT2D eigenvalue weighted by Gasteiger charge is 2.30. The molecule has 0 radical (unpaired) electrons. The summed E-state index contributed by atoms with van der Waals surface area (Å²) in [7, 11) is -9.90. The molecular weight excluding hydrogens is 1220 g/mol. The number of phosphoric ester groups is 2. The predicted octanol–water partition coefficient (Wildman–Crippen LogP) is 21.6. The monoisotopic (exact) mass is 1370 g/mol. The molecule has 93 heavy (non-hydrogen) atoms. The van der Waals surface area contributed by atoms with E-state index in [1.165, 1.54) is 193 Å². The molecule has 0 aliphatic heterocycles. The van der Waals surface area contributed by atoms with Gasteiger partial charge in [-0.15, -0.1) is 0 Å². The van der Waals surface area contributed by atoms with Crippen molar-refractivity contribution in [2.75, 3.05) is 39.6 Å². The van der Waals surface area contributed by atoms with Gasteiger partial charge in [-0.1, -0.05) is 330 Å². The number of rotatable bonds is 73. The summed E-state index contributed by atoms with van der Waals surface area (Å²) in [4.78, 5) is 72.5. The number of unbranched alkanes of at least 4 members (excludes halogenated alkanes) is 42. The van der Waals surface area contributed by atoms with Gasteiger partial charge in [0.05, 0.1) is 26.4 Å². The third kappa shape index (κ3) is 67.0. The number of hydrogen-bond donors (Lipinski definition) is 3. The molecule has 3 unspecified atom stereocenters. The van der Waals surface area contributed by atoms with Gasteiger partial charge in [0.1, 0.15) is 19.3 Å².